The van der Waals surface area contributed by atoms with Crippen molar-refractivity contribution in [3.05, 3.63) is 70.3 Å². The summed E-state index contributed by atoms with van der Waals surface area (Å²) >= 11 is 0. The summed E-state index contributed by atoms with van der Waals surface area (Å²) in [7, 11) is 0. The summed E-state index contributed by atoms with van der Waals surface area (Å²) in [6.45, 7) is 2.13. The Morgan fingerprint density at radius 2 is 1.70 bits per heavy atom. The van der Waals surface area contributed by atoms with Crippen LogP contribution in [0, 0.1) is 6.92 Å². The van der Waals surface area contributed by atoms with Crippen LogP contribution in [0.3, 0.4) is 0 Å². The van der Waals surface area contributed by atoms with E-state index in [1.807, 2.05) is 0 Å². The quantitative estimate of drug-likeness (QED) is 0.898. The smallest absolute Gasteiger partial charge is 0.0120 e. The van der Waals surface area contributed by atoms with Crippen LogP contribution in [-0.2, 0) is 25.7 Å². The fourth-order valence-corrected chi connectivity index (χ4v) is 3.27. The molecule has 2 aromatic carbocycles. The molecule has 104 valence electrons. The number of nitrogens with two attached hydrogens (primary N) is 1. The van der Waals surface area contributed by atoms with Crippen molar-refractivity contribution in [2.45, 2.75) is 45.1 Å². The number of hydrogen-bond acceptors (Lipinski definition) is 1. The molecular weight excluding hydrogens is 242 g/mol. The topological polar surface area (TPSA) is 26.0 Å². The average molecular weight is 265 g/mol. The lowest BCUT2D eigenvalue weighted by Crippen LogP contribution is -2.25. The van der Waals surface area contributed by atoms with Gasteiger partial charge in [0.05, 0.1) is 0 Å². The van der Waals surface area contributed by atoms with E-state index in [9.17, 15) is 0 Å². The van der Waals surface area contributed by atoms with Crippen molar-refractivity contribution < 1.29 is 0 Å². The lowest BCUT2D eigenvalue weighted by atomic mass is 9.97. The predicted molar refractivity (Wildman–Crippen MR) is 85.0 cm³/mol. The maximum atomic E-state index is 6.33. The fraction of sp³-hybridized carbons (Fsp3) is 0.368. The predicted octanol–water partition coefficient (Wildman–Crippen LogP) is 3.60. The summed E-state index contributed by atoms with van der Waals surface area (Å²) in [5.41, 5.74) is 13.5. The molecule has 0 bridgehead atoms. The van der Waals surface area contributed by atoms with Gasteiger partial charge in [-0.05, 0) is 61.3 Å². The van der Waals surface area contributed by atoms with Gasteiger partial charge in [0.2, 0.25) is 0 Å². The molecule has 0 heterocycles. The molecule has 2 N–H and O–H groups in total. The van der Waals surface area contributed by atoms with E-state index in [4.69, 9.17) is 5.73 Å². The monoisotopic (exact) mass is 265 g/mol. The van der Waals surface area contributed by atoms with E-state index in [2.05, 4.69) is 49.4 Å². The van der Waals surface area contributed by atoms with Crippen LogP contribution in [0.1, 0.15) is 34.2 Å². The summed E-state index contributed by atoms with van der Waals surface area (Å²) in [5, 5.41) is 0. The molecule has 1 aliphatic rings. The second-order valence-corrected chi connectivity index (χ2v) is 6.11. The van der Waals surface area contributed by atoms with Gasteiger partial charge in [0, 0.05) is 6.04 Å². The van der Waals surface area contributed by atoms with E-state index in [1.165, 1.54) is 36.0 Å². The summed E-state index contributed by atoms with van der Waals surface area (Å²) in [5.74, 6) is 0. The molecule has 1 aliphatic carbocycles. The highest BCUT2D eigenvalue weighted by molar-refractivity contribution is 5.35. The van der Waals surface area contributed by atoms with Crippen LogP contribution in [0.15, 0.2) is 42.5 Å². The molecule has 0 spiro atoms. The molecule has 0 fully saturated rings. The maximum Gasteiger partial charge on any atom is 0.0120 e. The normalized spacial score (nSPS) is 15.1. The molecule has 0 amide bonds. The van der Waals surface area contributed by atoms with E-state index < -0.39 is 0 Å². The largest absolute Gasteiger partial charge is 0.327 e. The van der Waals surface area contributed by atoms with Crippen LogP contribution >= 0.6 is 0 Å². The second-order valence-electron chi connectivity index (χ2n) is 6.11. The minimum Gasteiger partial charge on any atom is -0.327 e. The Hall–Kier alpha value is -1.60. The molecule has 20 heavy (non-hydrogen) atoms. The molecule has 3 rings (SSSR count). The third kappa shape index (κ3) is 3.10. The van der Waals surface area contributed by atoms with Crippen molar-refractivity contribution in [1.82, 2.24) is 0 Å². The first-order valence-corrected chi connectivity index (χ1v) is 7.62. The van der Waals surface area contributed by atoms with Gasteiger partial charge in [-0.2, -0.15) is 0 Å². The molecule has 0 aliphatic heterocycles. The lowest BCUT2D eigenvalue weighted by Gasteiger charge is -2.13. The number of benzene rings is 2. The number of rotatable bonds is 4. The molecule has 0 saturated heterocycles. The molecule has 1 unspecified atom stereocenters. The van der Waals surface area contributed by atoms with Crippen molar-refractivity contribution in [2.24, 2.45) is 5.73 Å². The Bertz CT molecular complexity index is 600. The minimum atomic E-state index is 0.205. The zero-order valence-electron chi connectivity index (χ0n) is 12.2. The molecule has 2 aromatic rings. The van der Waals surface area contributed by atoms with Crippen LogP contribution < -0.4 is 5.73 Å². The standard InChI is InChI=1S/C19H23N/c1-14-4-2-5-15(10-14)12-19(20)13-16-8-9-17-6-3-7-18(17)11-16/h2,4-5,8-11,19H,3,6-7,12-13,20H2,1H3. The first kappa shape index (κ1) is 13.4. The summed E-state index contributed by atoms with van der Waals surface area (Å²) < 4.78 is 0. The van der Waals surface area contributed by atoms with Crippen molar-refractivity contribution >= 4 is 0 Å². The van der Waals surface area contributed by atoms with Gasteiger partial charge in [-0.3, -0.25) is 0 Å². The van der Waals surface area contributed by atoms with Gasteiger partial charge in [-0.1, -0.05) is 48.0 Å². The highest BCUT2D eigenvalue weighted by Gasteiger charge is 2.12. The molecule has 1 nitrogen and oxygen atoms in total. The lowest BCUT2D eigenvalue weighted by molar-refractivity contribution is 0.664. The molecular formula is C19H23N. The maximum absolute atomic E-state index is 6.33. The van der Waals surface area contributed by atoms with Crippen LogP contribution in [0.2, 0.25) is 0 Å². The third-order valence-corrected chi connectivity index (χ3v) is 4.24. The van der Waals surface area contributed by atoms with E-state index in [-0.39, 0.29) is 6.04 Å². The Morgan fingerprint density at radius 3 is 2.50 bits per heavy atom. The van der Waals surface area contributed by atoms with Crippen molar-refractivity contribution in [3.63, 3.8) is 0 Å². The van der Waals surface area contributed by atoms with Crippen molar-refractivity contribution in [3.8, 4) is 0 Å². The van der Waals surface area contributed by atoms with Gasteiger partial charge in [0.25, 0.3) is 0 Å². The van der Waals surface area contributed by atoms with E-state index in [1.54, 1.807) is 11.1 Å². The van der Waals surface area contributed by atoms with E-state index in [0.717, 1.165) is 12.8 Å². The molecule has 0 aromatic heterocycles. The zero-order chi connectivity index (χ0) is 13.9. The third-order valence-electron chi connectivity index (χ3n) is 4.24. The molecule has 0 radical (unpaired) electrons. The number of hydrogen-bond donors (Lipinski definition) is 1. The van der Waals surface area contributed by atoms with Gasteiger partial charge < -0.3 is 5.73 Å². The number of fused-ring (bicyclic) bond motifs is 1. The molecule has 1 heteroatoms. The Morgan fingerprint density at radius 1 is 0.950 bits per heavy atom. The summed E-state index contributed by atoms with van der Waals surface area (Å²) in [4.78, 5) is 0. The Balaban J connectivity index is 1.65. The molecule has 1 atom stereocenters. The summed E-state index contributed by atoms with van der Waals surface area (Å²) in [6.07, 6.45) is 5.75. The van der Waals surface area contributed by atoms with Gasteiger partial charge in [0.15, 0.2) is 0 Å². The van der Waals surface area contributed by atoms with Crippen molar-refractivity contribution in [1.29, 1.82) is 0 Å². The van der Waals surface area contributed by atoms with Crippen LogP contribution in [-0.4, -0.2) is 6.04 Å². The van der Waals surface area contributed by atoms with Gasteiger partial charge >= 0.3 is 0 Å². The summed E-state index contributed by atoms with van der Waals surface area (Å²) in [6, 6.07) is 15.8. The van der Waals surface area contributed by atoms with Gasteiger partial charge in [-0.15, -0.1) is 0 Å². The number of aryl methyl sites for hydroxylation is 3. The van der Waals surface area contributed by atoms with Crippen molar-refractivity contribution in [2.75, 3.05) is 0 Å². The second kappa shape index (κ2) is 5.80. The molecule has 0 saturated carbocycles. The highest BCUT2D eigenvalue weighted by atomic mass is 14.6. The Kier molecular flexibility index (Phi) is 3.88. The van der Waals surface area contributed by atoms with Crippen LogP contribution in [0.25, 0.3) is 0 Å². The van der Waals surface area contributed by atoms with E-state index in [0.29, 0.717) is 0 Å². The fourth-order valence-electron chi connectivity index (χ4n) is 3.27. The highest BCUT2D eigenvalue weighted by Crippen LogP contribution is 2.23. The van der Waals surface area contributed by atoms with Gasteiger partial charge in [0.1, 0.15) is 0 Å². The van der Waals surface area contributed by atoms with E-state index >= 15 is 0 Å². The zero-order valence-corrected chi connectivity index (χ0v) is 12.2. The van der Waals surface area contributed by atoms with Crippen LogP contribution in [0.4, 0.5) is 0 Å². The average Bonchev–Trinajstić information content (AvgIpc) is 2.86. The van der Waals surface area contributed by atoms with Gasteiger partial charge in [-0.25, -0.2) is 0 Å². The van der Waals surface area contributed by atoms with Crippen LogP contribution in [0.5, 0.6) is 0 Å². The first-order chi connectivity index (χ1) is 9.70. The SMILES string of the molecule is Cc1cccc(CC(N)Cc2ccc3c(c2)CCC3)c1. The minimum absolute atomic E-state index is 0.205. The Labute approximate surface area is 121 Å². The first-order valence-electron chi connectivity index (χ1n) is 7.62.